The third-order valence-electron chi connectivity index (χ3n) is 4.94. The number of aliphatic imine (C=N–C) groups is 1. The monoisotopic (exact) mass is 508 g/mol. The summed E-state index contributed by atoms with van der Waals surface area (Å²) in [5, 5.41) is 3.97. The molecule has 180 valence electrons. The summed E-state index contributed by atoms with van der Waals surface area (Å²) in [6.07, 6.45) is 1.80. The normalized spacial score (nSPS) is 15.3. The summed E-state index contributed by atoms with van der Waals surface area (Å²) in [6.45, 7) is 5.16. The van der Waals surface area contributed by atoms with Crippen LogP contribution in [0.3, 0.4) is 0 Å². The summed E-state index contributed by atoms with van der Waals surface area (Å²) in [7, 11) is 0. The van der Waals surface area contributed by atoms with Crippen molar-refractivity contribution in [3.63, 3.8) is 0 Å². The van der Waals surface area contributed by atoms with E-state index in [-0.39, 0.29) is 5.91 Å². The Morgan fingerprint density at radius 1 is 0.914 bits per heavy atom. The van der Waals surface area contributed by atoms with Crippen LogP contribution in [0.15, 0.2) is 76.6 Å². The van der Waals surface area contributed by atoms with Crippen molar-refractivity contribution in [3.8, 4) is 17.2 Å². The van der Waals surface area contributed by atoms with Gasteiger partial charge in [-0.15, -0.1) is 0 Å². The van der Waals surface area contributed by atoms with E-state index in [0.29, 0.717) is 57.9 Å². The average Bonchev–Trinajstić information content (AvgIpc) is 3.19. The summed E-state index contributed by atoms with van der Waals surface area (Å²) in [5.74, 6) is 1.66. The molecule has 6 nitrogen and oxygen atoms in total. The Bertz CT molecular complexity index is 1280. The molecule has 1 heterocycles. The predicted octanol–water partition coefficient (Wildman–Crippen LogP) is 6.61. The maximum atomic E-state index is 12.6. The SMILES string of the molecule is CCOc1ccccc1N=C1NC(=O)/C(=C/c2ccc(OCc3ccccc3Cl)c(OCC)c2)S1. The molecule has 0 aromatic heterocycles. The molecule has 0 aliphatic carbocycles. The number of carbonyl (C=O) groups excluding carboxylic acids is 1. The zero-order chi connectivity index (χ0) is 24.6. The molecular weight excluding hydrogens is 484 g/mol. The van der Waals surface area contributed by atoms with Gasteiger partial charge in [-0.2, -0.15) is 0 Å². The lowest BCUT2D eigenvalue weighted by Gasteiger charge is -2.13. The molecule has 0 saturated carbocycles. The predicted molar refractivity (Wildman–Crippen MR) is 142 cm³/mol. The highest BCUT2D eigenvalue weighted by Gasteiger charge is 2.24. The second kappa shape index (κ2) is 11.8. The van der Waals surface area contributed by atoms with Gasteiger partial charge in [0.2, 0.25) is 0 Å². The fourth-order valence-corrected chi connectivity index (χ4v) is 4.37. The number of halogens is 1. The topological polar surface area (TPSA) is 69.2 Å². The van der Waals surface area contributed by atoms with E-state index in [1.165, 1.54) is 11.8 Å². The van der Waals surface area contributed by atoms with Crippen molar-refractivity contribution in [1.82, 2.24) is 5.32 Å². The number of thioether (sulfide) groups is 1. The zero-order valence-electron chi connectivity index (χ0n) is 19.4. The Morgan fingerprint density at radius 2 is 1.66 bits per heavy atom. The molecule has 4 rings (SSSR count). The molecule has 1 amide bonds. The van der Waals surface area contributed by atoms with Gasteiger partial charge in [-0.1, -0.05) is 48.0 Å². The third-order valence-corrected chi connectivity index (χ3v) is 6.22. The maximum Gasteiger partial charge on any atom is 0.264 e. The molecule has 0 radical (unpaired) electrons. The number of amidine groups is 1. The van der Waals surface area contributed by atoms with Gasteiger partial charge in [0.05, 0.1) is 18.1 Å². The van der Waals surface area contributed by atoms with E-state index in [0.717, 1.165) is 11.1 Å². The summed E-state index contributed by atoms with van der Waals surface area (Å²) >= 11 is 7.51. The van der Waals surface area contributed by atoms with Crippen LogP contribution in [0.4, 0.5) is 5.69 Å². The van der Waals surface area contributed by atoms with E-state index >= 15 is 0 Å². The van der Waals surface area contributed by atoms with Crippen molar-refractivity contribution >= 4 is 46.2 Å². The first-order valence-electron chi connectivity index (χ1n) is 11.2. The van der Waals surface area contributed by atoms with Crippen LogP contribution in [0.1, 0.15) is 25.0 Å². The van der Waals surface area contributed by atoms with Crippen molar-refractivity contribution in [2.75, 3.05) is 13.2 Å². The molecule has 35 heavy (non-hydrogen) atoms. The quantitative estimate of drug-likeness (QED) is 0.329. The minimum absolute atomic E-state index is 0.209. The third kappa shape index (κ3) is 6.38. The zero-order valence-corrected chi connectivity index (χ0v) is 21.0. The lowest BCUT2D eigenvalue weighted by molar-refractivity contribution is -0.115. The van der Waals surface area contributed by atoms with Crippen LogP contribution in [0.5, 0.6) is 17.2 Å². The van der Waals surface area contributed by atoms with Crippen molar-refractivity contribution < 1.29 is 19.0 Å². The van der Waals surface area contributed by atoms with E-state index in [1.54, 1.807) is 6.08 Å². The van der Waals surface area contributed by atoms with Crippen LogP contribution in [0.25, 0.3) is 6.08 Å². The van der Waals surface area contributed by atoms with Gasteiger partial charge in [-0.25, -0.2) is 4.99 Å². The Morgan fingerprint density at radius 3 is 2.46 bits per heavy atom. The highest BCUT2D eigenvalue weighted by Crippen LogP contribution is 2.34. The summed E-state index contributed by atoms with van der Waals surface area (Å²) < 4.78 is 17.4. The van der Waals surface area contributed by atoms with Gasteiger partial charge in [0.1, 0.15) is 18.0 Å². The van der Waals surface area contributed by atoms with Gasteiger partial charge in [0.25, 0.3) is 5.91 Å². The Labute approximate surface area is 214 Å². The Kier molecular flexibility index (Phi) is 8.34. The van der Waals surface area contributed by atoms with Crippen LogP contribution in [0.2, 0.25) is 5.02 Å². The van der Waals surface area contributed by atoms with Crippen LogP contribution in [-0.2, 0) is 11.4 Å². The van der Waals surface area contributed by atoms with Crippen molar-refractivity contribution in [1.29, 1.82) is 0 Å². The van der Waals surface area contributed by atoms with Gasteiger partial charge >= 0.3 is 0 Å². The second-order valence-electron chi connectivity index (χ2n) is 7.40. The number of benzene rings is 3. The number of carbonyl (C=O) groups is 1. The molecule has 1 fully saturated rings. The minimum Gasteiger partial charge on any atom is -0.492 e. The standard InChI is InChI=1S/C27H25ClN2O4S/c1-3-32-22-12-8-7-11-21(22)29-27-30-26(31)25(35-27)16-18-13-14-23(24(15-18)33-4-2)34-17-19-9-5-6-10-20(19)28/h5-16H,3-4,17H2,1-2H3,(H,29,30,31)/b25-16-. The second-order valence-corrected chi connectivity index (χ2v) is 8.84. The highest BCUT2D eigenvalue weighted by atomic mass is 35.5. The number of hydrogen-bond donors (Lipinski definition) is 1. The fourth-order valence-electron chi connectivity index (χ4n) is 3.34. The number of nitrogens with zero attached hydrogens (tertiary/aromatic N) is 1. The number of rotatable bonds is 9. The summed E-state index contributed by atoms with van der Waals surface area (Å²) in [4.78, 5) is 17.7. The number of hydrogen-bond acceptors (Lipinski definition) is 6. The molecule has 0 unspecified atom stereocenters. The molecule has 0 atom stereocenters. The fraction of sp³-hybridized carbons (Fsp3) is 0.185. The van der Waals surface area contributed by atoms with Crippen LogP contribution >= 0.6 is 23.4 Å². The minimum atomic E-state index is -0.209. The number of nitrogens with one attached hydrogen (secondary N) is 1. The van der Waals surface area contributed by atoms with Gasteiger partial charge in [0, 0.05) is 10.6 Å². The van der Waals surface area contributed by atoms with Crippen molar-refractivity contribution in [3.05, 3.63) is 87.8 Å². The summed E-state index contributed by atoms with van der Waals surface area (Å²) in [5.41, 5.74) is 2.36. The van der Waals surface area contributed by atoms with Crippen LogP contribution in [-0.4, -0.2) is 24.3 Å². The van der Waals surface area contributed by atoms with Gasteiger partial charge in [0.15, 0.2) is 16.7 Å². The first kappa shape index (κ1) is 24.7. The molecule has 1 aliphatic heterocycles. The van der Waals surface area contributed by atoms with E-state index in [2.05, 4.69) is 10.3 Å². The molecular formula is C27H25ClN2O4S. The number of ether oxygens (including phenoxy) is 3. The first-order valence-corrected chi connectivity index (χ1v) is 12.4. The van der Waals surface area contributed by atoms with Gasteiger partial charge < -0.3 is 19.5 Å². The molecule has 0 bridgehead atoms. The van der Waals surface area contributed by atoms with Crippen LogP contribution in [0, 0.1) is 0 Å². The molecule has 1 aliphatic rings. The van der Waals surface area contributed by atoms with E-state index in [9.17, 15) is 4.79 Å². The van der Waals surface area contributed by atoms with E-state index in [1.807, 2.05) is 80.6 Å². The van der Waals surface area contributed by atoms with E-state index in [4.69, 9.17) is 25.8 Å². The molecule has 3 aromatic carbocycles. The largest absolute Gasteiger partial charge is 0.492 e. The lowest BCUT2D eigenvalue weighted by atomic mass is 10.2. The van der Waals surface area contributed by atoms with Crippen molar-refractivity contribution in [2.45, 2.75) is 20.5 Å². The molecule has 0 spiro atoms. The van der Waals surface area contributed by atoms with E-state index < -0.39 is 0 Å². The molecule has 1 N–H and O–H groups in total. The first-order chi connectivity index (χ1) is 17.1. The molecule has 8 heteroatoms. The highest BCUT2D eigenvalue weighted by molar-refractivity contribution is 8.18. The van der Waals surface area contributed by atoms with Gasteiger partial charge in [-0.05, 0) is 67.6 Å². The Hall–Kier alpha value is -3.42. The maximum absolute atomic E-state index is 12.6. The lowest BCUT2D eigenvalue weighted by Crippen LogP contribution is -2.19. The Balaban J connectivity index is 1.52. The van der Waals surface area contributed by atoms with Crippen LogP contribution < -0.4 is 19.5 Å². The molecule has 1 saturated heterocycles. The average molecular weight is 509 g/mol. The number of para-hydroxylation sites is 2. The summed E-state index contributed by atoms with van der Waals surface area (Å²) in [6, 6.07) is 20.6. The molecule has 3 aromatic rings. The smallest absolute Gasteiger partial charge is 0.264 e. The number of amides is 1. The van der Waals surface area contributed by atoms with Gasteiger partial charge in [-0.3, -0.25) is 4.79 Å². The van der Waals surface area contributed by atoms with Crippen molar-refractivity contribution in [2.24, 2.45) is 4.99 Å².